The first-order chi connectivity index (χ1) is 11.1. The van der Waals surface area contributed by atoms with E-state index in [1.807, 2.05) is 39.2 Å². The lowest BCUT2D eigenvalue weighted by Gasteiger charge is -2.35. The van der Waals surface area contributed by atoms with Crippen LogP contribution in [0.4, 0.5) is 0 Å². The lowest BCUT2D eigenvalue weighted by atomic mass is 9.91. The highest BCUT2D eigenvalue weighted by molar-refractivity contribution is 7.98. The van der Waals surface area contributed by atoms with Crippen molar-refractivity contribution in [2.24, 2.45) is 5.41 Å². The summed E-state index contributed by atoms with van der Waals surface area (Å²) in [6.07, 6.45) is 2.44. The molecule has 1 aromatic rings. The summed E-state index contributed by atoms with van der Waals surface area (Å²) in [4.78, 5) is 15.4. The van der Waals surface area contributed by atoms with Crippen LogP contribution in [0.3, 0.4) is 0 Å². The number of benzene rings is 1. The molecule has 0 N–H and O–H groups in total. The molecule has 24 heavy (non-hydrogen) atoms. The van der Waals surface area contributed by atoms with E-state index in [2.05, 4.69) is 0 Å². The van der Waals surface area contributed by atoms with Crippen LogP contribution in [0.2, 0.25) is 0 Å². The Bertz CT molecular complexity index is 671. The van der Waals surface area contributed by atoms with Crippen molar-refractivity contribution in [3.63, 3.8) is 0 Å². The molecule has 1 aliphatic heterocycles. The molecule has 1 aliphatic rings. The molecule has 5 nitrogen and oxygen atoms in total. The van der Waals surface area contributed by atoms with Crippen LogP contribution >= 0.6 is 11.8 Å². The molecule has 0 unspecified atom stereocenters. The number of carbonyl (C=O) groups is 1. The minimum absolute atomic E-state index is 0.0562. The van der Waals surface area contributed by atoms with Crippen molar-refractivity contribution in [1.29, 1.82) is 0 Å². The lowest BCUT2D eigenvalue weighted by molar-refractivity contribution is -0.134. The van der Waals surface area contributed by atoms with Crippen LogP contribution in [0.25, 0.3) is 0 Å². The monoisotopic (exact) mass is 370 g/mol. The normalized spacial score (nSPS) is 17.1. The van der Waals surface area contributed by atoms with Crippen LogP contribution < -0.4 is 0 Å². The standard InChI is InChI=1S/C17H26N2O3S2/c1-17(2,3)13-16(20)18-9-11-19(12-10-18)24(21,22)15-7-5-14(23-4)6-8-15/h5-8H,9-13H2,1-4H3. The predicted octanol–water partition coefficient (Wildman–Crippen LogP) is 2.68. The fraction of sp³-hybridized carbons (Fsp3) is 0.588. The number of thioether (sulfide) groups is 1. The zero-order chi connectivity index (χ0) is 18.0. The van der Waals surface area contributed by atoms with E-state index in [1.165, 1.54) is 4.31 Å². The van der Waals surface area contributed by atoms with Crippen LogP contribution in [-0.2, 0) is 14.8 Å². The maximum absolute atomic E-state index is 12.7. The molecule has 1 saturated heterocycles. The topological polar surface area (TPSA) is 57.7 Å². The highest BCUT2D eigenvalue weighted by Crippen LogP contribution is 2.23. The Labute approximate surface area is 149 Å². The Balaban J connectivity index is 2.01. The first-order valence-electron chi connectivity index (χ1n) is 8.05. The van der Waals surface area contributed by atoms with Crippen molar-refractivity contribution >= 4 is 27.7 Å². The van der Waals surface area contributed by atoms with E-state index < -0.39 is 10.0 Å². The molecule has 0 aromatic heterocycles. The number of sulfonamides is 1. The van der Waals surface area contributed by atoms with E-state index in [9.17, 15) is 13.2 Å². The number of carbonyl (C=O) groups excluding carboxylic acids is 1. The maximum Gasteiger partial charge on any atom is 0.243 e. The Kier molecular flexibility index (Phi) is 5.99. The summed E-state index contributed by atoms with van der Waals surface area (Å²) >= 11 is 1.58. The van der Waals surface area contributed by atoms with Gasteiger partial charge in [-0.05, 0) is 35.9 Å². The van der Waals surface area contributed by atoms with Gasteiger partial charge < -0.3 is 4.90 Å². The molecule has 0 spiro atoms. The van der Waals surface area contributed by atoms with Crippen LogP contribution in [0.1, 0.15) is 27.2 Å². The number of rotatable bonds is 4. The Morgan fingerprint density at radius 1 is 1.08 bits per heavy atom. The molecule has 7 heteroatoms. The van der Waals surface area contributed by atoms with E-state index in [-0.39, 0.29) is 11.3 Å². The van der Waals surface area contributed by atoms with Gasteiger partial charge in [0, 0.05) is 37.5 Å². The lowest BCUT2D eigenvalue weighted by Crippen LogP contribution is -2.50. The van der Waals surface area contributed by atoms with Gasteiger partial charge in [0.2, 0.25) is 15.9 Å². The van der Waals surface area contributed by atoms with E-state index in [0.29, 0.717) is 37.5 Å². The van der Waals surface area contributed by atoms with Crippen LogP contribution in [0, 0.1) is 5.41 Å². The molecule has 0 atom stereocenters. The second-order valence-electron chi connectivity index (χ2n) is 7.20. The second kappa shape index (κ2) is 7.45. The Morgan fingerprint density at radius 2 is 1.62 bits per heavy atom. The Hall–Kier alpha value is -1.05. The highest BCUT2D eigenvalue weighted by Gasteiger charge is 2.31. The second-order valence-corrected chi connectivity index (χ2v) is 10.0. The van der Waals surface area contributed by atoms with E-state index >= 15 is 0 Å². The smallest absolute Gasteiger partial charge is 0.243 e. The summed E-state index contributed by atoms with van der Waals surface area (Å²) in [7, 11) is -3.49. The molecular weight excluding hydrogens is 344 g/mol. The van der Waals surface area contributed by atoms with Gasteiger partial charge in [-0.3, -0.25) is 4.79 Å². The van der Waals surface area contributed by atoms with E-state index in [4.69, 9.17) is 0 Å². The van der Waals surface area contributed by atoms with Gasteiger partial charge in [-0.15, -0.1) is 11.8 Å². The number of amides is 1. The quantitative estimate of drug-likeness (QED) is 0.765. The van der Waals surface area contributed by atoms with Crippen LogP contribution in [-0.4, -0.2) is 56.0 Å². The number of hydrogen-bond donors (Lipinski definition) is 0. The zero-order valence-electron chi connectivity index (χ0n) is 14.8. The minimum atomic E-state index is -3.49. The van der Waals surface area contributed by atoms with Gasteiger partial charge in [-0.1, -0.05) is 20.8 Å². The van der Waals surface area contributed by atoms with Gasteiger partial charge in [-0.25, -0.2) is 8.42 Å². The van der Waals surface area contributed by atoms with E-state index in [1.54, 1.807) is 28.8 Å². The van der Waals surface area contributed by atoms with Gasteiger partial charge in [0.25, 0.3) is 0 Å². The summed E-state index contributed by atoms with van der Waals surface area (Å²) in [6, 6.07) is 6.94. The average Bonchev–Trinajstić information content (AvgIpc) is 2.53. The number of hydrogen-bond acceptors (Lipinski definition) is 4. The summed E-state index contributed by atoms with van der Waals surface area (Å²) in [5.41, 5.74) is -0.0562. The van der Waals surface area contributed by atoms with Gasteiger partial charge in [0.05, 0.1) is 4.90 Å². The molecule has 0 aliphatic carbocycles. The van der Waals surface area contributed by atoms with Crippen molar-refractivity contribution in [2.75, 3.05) is 32.4 Å². The summed E-state index contributed by atoms with van der Waals surface area (Å²) < 4.78 is 26.9. The van der Waals surface area contributed by atoms with Gasteiger partial charge in [-0.2, -0.15) is 4.31 Å². The minimum Gasteiger partial charge on any atom is -0.340 e. The van der Waals surface area contributed by atoms with Gasteiger partial charge in [0.1, 0.15) is 0 Å². The first kappa shape index (κ1) is 19.3. The van der Waals surface area contributed by atoms with Gasteiger partial charge in [0.15, 0.2) is 0 Å². The predicted molar refractivity (Wildman–Crippen MR) is 97.6 cm³/mol. The molecule has 1 heterocycles. The van der Waals surface area contributed by atoms with Crippen molar-refractivity contribution in [3.8, 4) is 0 Å². The maximum atomic E-state index is 12.7. The molecule has 2 rings (SSSR count). The Morgan fingerprint density at radius 3 is 2.08 bits per heavy atom. The van der Waals surface area contributed by atoms with Crippen molar-refractivity contribution in [1.82, 2.24) is 9.21 Å². The summed E-state index contributed by atoms with van der Waals surface area (Å²) in [6.45, 7) is 7.71. The van der Waals surface area contributed by atoms with Crippen molar-refractivity contribution in [3.05, 3.63) is 24.3 Å². The molecule has 1 aromatic carbocycles. The molecular formula is C17H26N2O3S2. The zero-order valence-corrected chi connectivity index (χ0v) is 16.4. The van der Waals surface area contributed by atoms with Crippen molar-refractivity contribution < 1.29 is 13.2 Å². The highest BCUT2D eigenvalue weighted by atomic mass is 32.2. The average molecular weight is 371 g/mol. The fourth-order valence-corrected chi connectivity index (χ4v) is 4.47. The summed E-state index contributed by atoms with van der Waals surface area (Å²) in [5, 5.41) is 0. The molecule has 0 bridgehead atoms. The third kappa shape index (κ3) is 4.74. The van der Waals surface area contributed by atoms with Gasteiger partial charge >= 0.3 is 0 Å². The molecule has 1 fully saturated rings. The van der Waals surface area contributed by atoms with E-state index in [0.717, 1.165) is 4.90 Å². The first-order valence-corrected chi connectivity index (χ1v) is 10.7. The van der Waals surface area contributed by atoms with Crippen LogP contribution in [0.5, 0.6) is 0 Å². The molecule has 0 radical (unpaired) electrons. The van der Waals surface area contributed by atoms with Crippen molar-refractivity contribution in [2.45, 2.75) is 37.0 Å². The molecule has 1 amide bonds. The largest absolute Gasteiger partial charge is 0.340 e. The van der Waals surface area contributed by atoms with Crippen LogP contribution in [0.15, 0.2) is 34.1 Å². The third-order valence-electron chi connectivity index (χ3n) is 3.97. The summed E-state index contributed by atoms with van der Waals surface area (Å²) in [5.74, 6) is 0.101. The molecule has 134 valence electrons. The fourth-order valence-electron chi connectivity index (χ4n) is 2.64. The molecule has 0 saturated carbocycles. The SMILES string of the molecule is CSc1ccc(S(=O)(=O)N2CCN(C(=O)CC(C)(C)C)CC2)cc1. The third-order valence-corrected chi connectivity index (χ3v) is 6.63. The number of nitrogens with zero attached hydrogens (tertiary/aromatic N) is 2. The number of piperazine rings is 1.